The Kier molecular flexibility index (Phi) is 6.34. The lowest BCUT2D eigenvalue weighted by Gasteiger charge is -2.33. The van der Waals surface area contributed by atoms with Gasteiger partial charge in [-0.3, -0.25) is 14.5 Å². The molecule has 0 radical (unpaired) electrons. The molecule has 10 nitrogen and oxygen atoms in total. The largest absolute Gasteiger partial charge is 0.340 e. The van der Waals surface area contributed by atoms with Crippen molar-refractivity contribution >= 4 is 39.2 Å². The van der Waals surface area contributed by atoms with E-state index in [0.29, 0.717) is 37.4 Å². The maximum Gasteiger partial charge on any atom is 0.321 e. The summed E-state index contributed by atoms with van der Waals surface area (Å²) in [4.78, 5) is 39.1. The summed E-state index contributed by atoms with van der Waals surface area (Å²) in [6.45, 7) is 3.84. The molecule has 0 atom stereocenters. The molecule has 4 amide bonds. The molecule has 2 N–H and O–H groups in total. The zero-order valence-electron chi connectivity index (χ0n) is 18.2. The third-order valence-electron chi connectivity index (χ3n) is 5.73. The summed E-state index contributed by atoms with van der Waals surface area (Å²) in [5, 5.41) is 5.50. The highest BCUT2D eigenvalue weighted by Crippen LogP contribution is 2.21. The molecule has 0 bridgehead atoms. The molecule has 174 valence electrons. The van der Waals surface area contributed by atoms with E-state index in [9.17, 15) is 22.8 Å². The molecule has 0 spiro atoms. The van der Waals surface area contributed by atoms with Crippen molar-refractivity contribution in [3.63, 3.8) is 0 Å². The van der Waals surface area contributed by atoms with Gasteiger partial charge >= 0.3 is 6.03 Å². The summed E-state index contributed by atoms with van der Waals surface area (Å²) in [7, 11) is -3.70. The molecule has 2 aromatic carbocycles. The summed E-state index contributed by atoms with van der Waals surface area (Å²) >= 11 is 0. The lowest BCUT2D eigenvalue weighted by molar-refractivity contribution is -0.129. The van der Waals surface area contributed by atoms with E-state index in [-0.39, 0.29) is 35.8 Å². The number of rotatable bonds is 5. The van der Waals surface area contributed by atoms with E-state index in [1.807, 2.05) is 0 Å². The van der Waals surface area contributed by atoms with Crippen molar-refractivity contribution in [2.45, 2.75) is 11.8 Å². The number of anilines is 2. The number of hydrogen-bond acceptors (Lipinski definition) is 5. The maximum atomic E-state index is 12.9. The Hall–Kier alpha value is -3.44. The quantitative estimate of drug-likeness (QED) is 0.682. The molecule has 2 aromatic rings. The molecule has 2 aliphatic rings. The molecule has 0 unspecified atom stereocenters. The minimum absolute atomic E-state index is 0.0707. The molecule has 11 heteroatoms. The second kappa shape index (κ2) is 9.20. The van der Waals surface area contributed by atoms with Gasteiger partial charge in [0.2, 0.25) is 15.9 Å². The number of carbonyl (C=O) groups is 3. The minimum atomic E-state index is -3.70. The van der Waals surface area contributed by atoms with E-state index in [1.165, 1.54) is 35.5 Å². The molecule has 0 saturated carbocycles. The van der Waals surface area contributed by atoms with Gasteiger partial charge in [0.1, 0.15) is 0 Å². The van der Waals surface area contributed by atoms with Crippen molar-refractivity contribution in [3.05, 3.63) is 54.1 Å². The molecule has 4 rings (SSSR count). The highest BCUT2D eigenvalue weighted by molar-refractivity contribution is 7.89. The van der Waals surface area contributed by atoms with Gasteiger partial charge in [-0.2, -0.15) is 4.31 Å². The van der Waals surface area contributed by atoms with Crippen LogP contribution in [0.15, 0.2) is 53.4 Å². The standard InChI is InChI=1S/C22H25N5O5S/c1-16(28)25-12-14-26(15-13-25)33(31,32)20-8-2-17(3-9-20)21(29)24-18-4-6-19(7-5-18)27-11-10-23-22(27)30/h2-9H,10-15H2,1H3,(H,23,30)(H,24,29). The molecule has 0 aromatic heterocycles. The Morgan fingerprint density at radius 2 is 1.55 bits per heavy atom. The van der Waals surface area contributed by atoms with Gasteiger partial charge in [0.25, 0.3) is 5.91 Å². The lowest BCUT2D eigenvalue weighted by atomic mass is 10.2. The number of nitrogens with one attached hydrogen (secondary N) is 2. The Bertz CT molecular complexity index is 1160. The number of urea groups is 1. The predicted molar refractivity (Wildman–Crippen MR) is 123 cm³/mol. The predicted octanol–water partition coefficient (Wildman–Crippen LogP) is 1.32. The SMILES string of the molecule is CC(=O)N1CCN(S(=O)(=O)c2ccc(C(=O)Nc3ccc(N4CCNC4=O)cc3)cc2)CC1. The van der Waals surface area contributed by atoms with Crippen LogP contribution < -0.4 is 15.5 Å². The van der Waals surface area contributed by atoms with Crippen LogP contribution in [-0.4, -0.2) is 74.7 Å². The van der Waals surface area contributed by atoms with Gasteiger partial charge in [-0.1, -0.05) is 0 Å². The molecule has 0 aliphatic carbocycles. The number of sulfonamides is 1. The summed E-state index contributed by atoms with van der Waals surface area (Å²) in [5.41, 5.74) is 1.61. The molecule has 2 fully saturated rings. The number of amides is 4. The first kappa shape index (κ1) is 22.7. The van der Waals surface area contributed by atoms with Gasteiger partial charge in [0.15, 0.2) is 0 Å². The molecular formula is C22H25N5O5S. The topological polar surface area (TPSA) is 119 Å². The van der Waals surface area contributed by atoms with Crippen LogP contribution in [-0.2, 0) is 14.8 Å². The van der Waals surface area contributed by atoms with Crippen molar-refractivity contribution in [1.29, 1.82) is 0 Å². The van der Waals surface area contributed by atoms with Crippen LogP contribution >= 0.6 is 0 Å². The van der Waals surface area contributed by atoms with Crippen LogP contribution in [0.2, 0.25) is 0 Å². The number of benzene rings is 2. The van der Waals surface area contributed by atoms with Crippen LogP contribution in [0.25, 0.3) is 0 Å². The molecule has 2 aliphatic heterocycles. The van der Waals surface area contributed by atoms with Gasteiger partial charge in [-0.15, -0.1) is 0 Å². The molecule has 2 saturated heterocycles. The fourth-order valence-electron chi connectivity index (χ4n) is 3.82. The van der Waals surface area contributed by atoms with E-state index < -0.39 is 10.0 Å². The normalized spacial score (nSPS) is 17.1. The van der Waals surface area contributed by atoms with Gasteiger partial charge in [0, 0.05) is 63.1 Å². The highest BCUT2D eigenvalue weighted by atomic mass is 32.2. The highest BCUT2D eigenvalue weighted by Gasteiger charge is 2.29. The first-order chi connectivity index (χ1) is 15.8. The van der Waals surface area contributed by atoms with Gasteiger partial charge in [-0.05, 0) is 48.5 Å². The zero-order chi connectivity index (χ0) is 23.6. The smallest absolute Gasteiger partial charge is 0.321 e. The fourth-order valence-corrected chi connectivity index (χ4v) is 5.24. The first-order valence-electron chi connectivity index (χ1n) is 10.6. The maximum absolute atomic E-state index is 12.9. The molecule has 33 heavy (non-hydrogen) atoms. The van der Waals surface area contributed by atoms with Crippen molar-refractivity contribution in [1.82, 2.24) is 14.5 Å². The number of hydrogen-bond donors (Lipinski definition) is 2. The number of carbonyl (C=O) groups excluding carboxylic acids is 3. The zero-order valence-corrected chi connectivity index (χ0v) is 19.0. The van der Waals surface area contributed by atoms with Crippen molar-refractivity contribution < 1.29 is 22.8 Å². The Morgan fingerprint density at radius 1 is 0.909 bits per heavy atom. The fraction of sp³-hybridized carbons (Fsp3) is 0.318. The minimum Gasteiger partial charge on any atom is -0.340 e. The third-order valence-corrected chi connectivity index (χ3v) is 7.64. The Balaban J connectivity index is 1.39. The van der Waals surface area contributed by atoms with E-state index >= 15 is 0 Å². The monoisotopic (exact) mass is 471 g/mol. The number of nitrogens with zero attached hydrogens (tertiary/aromatic N) is 3. The summed E-state index contributed by atoms with van der Waals surface area (Å²) < 4.78 is 27.1. The summed E-state index contributed by atoms with van der Waals surface area (Å²) in [6, 6.07) is 12.5. The van der Waals surface area contributed by atoms with Crippen LogP contribution in [0, 0.1) is 0 Å². The lowest BCUT2D eigenvalue weighted by Crippen LogP contribution is -2.49. The molecular weight excluding hydrogens is 446 g/mol. The van der Waals surface area contributed by atoms with E-state index in [2.05, 4.69) is 10.6 Å². The average Bonchev–Trinajstić information content (AvgIpc) is 3.25. The first-order valence-corrected chi connectivity index (χ1v) is 12.0. The van der Waals surface area contributed by atoms with Gasteiger partial charge < -0.3 is 15.5 Å². The van der Waals surface area contributed by atoms with Crippen LogP contribution in [0.5, 0.6) is 0 Å². The second-order valence-corrected chi connectivity index (χ2v) is 9.76. The van der Waals surface area contributed by atoms with Gasteiger partial charge in [0.05, 0.1) is 4.90 Å². The van der Waals surface area contributed by atoms with E-state index in [1.54, 1.807) is 34.1 Å². The number of piperazine rings is 1. The van der Waals surface area contributed by atoms with E-state index in [0.717, 1.165) is 5.69 Å². The second-order valence-electron chi connectivity index (χ2n) is 7.82. The Labute approximate surface area is 192 Å². The van der Waals surface area contributed by atoms with E-state index in [4.69, 9.17) is 0 Å². The van der Waals surface area contributed by atoms with Crippen molar-refractivity contribution in [2.75, 3.05) is 49.5 Å². The third kappa shape index (κ3) is 4.83. The van der Waals surface area contributed by atoms with Crippen LogP contribution in [0.4, 0.5) is 16.2 Å². The Morgan fingerprint density at radius 3 is 2.09 bits per heavy atom. The van der Waals surface area contributed by atoms with Crippen LogP contribution in [0.1, 0.15) is 17.3 Å². The van der Waals surface area contributed by atoms with Crippen molar-refractivity contribution in [2.24, 2.45) is 0 Å². The summed E-state index contributed by atoms with van der Waals surface area (Å²) in [5.74, 6) is -0.445. The van der Waals surface area contributed by atoms with Gasteiger partial charge in [-0.25, -0.2) is 13.2 Å². The molecule has 2 heterocycles. The summed E-state index contributed by atoms with van der Waals surface area (Å²) in [6.07, 6.45) is 0. The van der Waals surface area contributed by atoms with Crippen LogP contribution in [0.3, 0.4) is 0 Å². The van der Waals surface area contributed by atoms with Crippen molar-refractivity contribution in [3.8, 4) is 0 Å². The average molecular weight is 472 g/mol.